The number of amides is 1. The lowest BCUT2D eigenvalue weighted by molar-refractivity contribution is -0.225. The highest BCUT2D eigenvalue weighted by atomic mass is 32.1. The van der Waals surface area contributed by atoms with Gasteiger partial charge in [-0.2, -0.15) is 0 Å². The number of ether oxygens (including phenoxy) is 4. The molecule has 2 aliphatic heterocycles. The molecule has 1 amide bonds. The molecule has 3 heterocycles. The third-order valence-corrected chi connectivity index (χ3v) is 13.7. The number of nitrogens with one attached hydrogen (secondary N) is 1. The molecular formula is C37H45N3O10S. The van der Waals surface area contributed by atoms with Crippen molar-refractivity contribution in [2.75, 3.05) is 5.32 Å². The fraction of sp³-hybridized carbons (Fsp3) is 0.649. The fourth-order valence-electron chi connectivity index (χ4n) is 10.2. The van der Waals surface area contributed by atoms with Crippen LogP contribution >= 0.6 is 11.3 Å². The lowest BCUT2D eigenvalue weighted by Crippen LogP contribution is -2.70. The SMILES string of the molecule is CC(=O)O[C@H]1C=C([C@H](C)[C@H]2CC(C)=C(C)C(=O)O2)[C@@]2(C)CC[C@H]3[C@@H](C[C@H]4O[C@]45[C@@H](OC(=O)CCCC(=O)Nc4nncs4)C=CC(=O)[C@]35C)[C@@]12O. The molecule has 0 aromatic carbocycles. The topological polar surface area (TPSA) is 184 Å². The summed E-state index contributed by atoms with van der Waals surface area (Å²) in [6.07, 6.45) is 4.40. The molecule has 6 aliphatic rings. The average Bonchev–Trinajstić information content (AvgIpc) is 3.49. The van der Waals surface area contributed by atoms with Crippen molar-refractivity contribution in [3.8, 4) is 0 Å². The molecule has 0 unspecified atom stereocenters. The molecule has 274 valence electrons. The lowest BCUT2D eigenvalue weighted by atomic mass is 9.42. The molecule has 1 spiro atoms. The average molecular weight is 724 g/mol. The summed E-state index contributed by atoms with van der Waals surface area (Å²) in [6, 6.07) is 0. The fourth-order valence-corrected chi connectivity index (χ4v) is 10.7. The van der Waals surface area contributed by atoms with Crippen LogP contribution in [0.1, 0.15) is 86.5 Å². The third-order valence-electron chi connectivity index (χ3n) is 13.1. The Balaban J connectivity index is 1.12. The molecule has 1 aromatic heterocycles. The van der Waals surface area contributed by atoms with E-state index in [0.29, 0.717) is 36.4 Å². The summed E-state index contributed by atoms with van der Waals surface area (Å²) < 4.78 is 24.2. The molecule has 1 aromatic rings. The number of aliphatic hydroxyl groups is 1. The van der Waals surface area contributed by atoms with Crippen LogP contribution in [0.25, 0.3) is 0 Å². The Morgan fingerprint density at radius 2 is 1.90 bits per heavy atom. The van der Waals surface area contributed by atoms with Crippen molar-refractivity contribution in [2.24, 2.45) is 28.6 Å². The molecule has 14 heteroatoms. The Morgan fingerprint density at radius 3 is 2.59 bits per heavy atom. The van der Waals surface area contributed by atoms with Crippen molar-refractivity contribution >= 4 is 46.1 Å². The number of aromatic nitrogens is 2. The summed E-state index contributed by atoms with van der Waals surface area (Å²) in [5, 5.41) is 23.6. The molecule has 51 heavy (non-hydrogen) atoms. The zero-order chi connectivity index (χ0) is 36.7. The van der Waals surface area contributed by atoms with Crippen molar-refractivity contribution in [2.45, 2.75) is 122 Å². The first-order valence-corrected chi connectivity index (χ1v) is 18.6. The normalized spacial score (nSPS) is 39.8. The first kappa shape index (κ1) is 35.6. The molecule has 4 aliphatic carbocycles. The molecule has 0 radical (unpaired) electrons. The molecule has 2 saturated carbocycles. The minimum atomic E-state index is -1.59. The highest BCUT2D eigenvalue weighted by Crippen LogP contribution is 2.74. The van der Waals surface area contributed by atoms with Crippen LogP contribution in [-0.2, 0) is 42.9 Å². The summed E-state index contributed by atoms with van der Waals surface area (Å²) in [7, 11) is 0. The number of fused-ring (bicyclic) bond motifs is 4. The number of esters is 3. The Kier molecular flexibility index (Phi) is 8.69. The van der Waals surface area contributed by atoms with Gasteiger partial charge in [-0.25, -0.2) is 4.79 Å². The smallest absolute Gasteiger partial charge is 0.333 e. The van der Waals surface area contributed by atoms with Crippen LogP contribution < -0.4 is 5.32 Å². The lowest BCUT2D eigenvalue weighted by Gasteiger charge is -2.61. The van der Waals surface area contributed by atoms with E-state index >= 15 is 0 Å². The van der Waals surface area contributed by atoms with Gasteiger partial charge in [0.25, 0.3) is 0 Å². The number of anilines is 1. The zero-order valence-corrected chi connectivity index (χ0v) is 30.5. The van der Waals surface area contributed by atoms with Crippen LogP contribution in [-0.4, -0.2) is 80.5 Å². The molecule has 11 atom stereocenters. The van der Waals surface area contributed by atoms with E-state index in [-0.39, 0.29) is 42.8 Å². The Hall–Kier alpha value is -3.75. The molecule has 1 saturated heterocycles. The second-order valence-corrected chi connectivity index (χ2v) is 16.4. The van der Waals surface area contributed by atoms with Crippen LogP contribution in [0.15, 0.2) is 40.5 Å². The molecular weight excluding hydrogens is 678 g/mol. The van der Waals surface area contributed by atoms with Crippen molar-refractivity contribution in [3.63, 3.8) is 0 Å². The van der Waals surface area contributed by atoms with Gasteiger partial charge in [0.05, 0.1) is 11.5 Å². The molecule has 13 nitrogen and oxygen atoms in total. The molecule has 7 rings (SSSR count). The van der Waals surface area contributed by atoms with E-state index < -0.39 is 70.2 Å². The van der Waals surface area contributed by atoms with Crippen LogP contribution in [0.2, 0.25) is 0 Å². The van der Waals surface area contributed by atoms with E-state index in [0.717, 1.165) is 11.1 Å². The predicted molar refractivity (Wildman–Crippen MR) is 182 cm³/mol. The predicted octanol–water partition coefficient (Wildman–Crippen LogP) is 4.17. The summed E-state index contributed by atoms with van der Waals surface area (Å²) in [5.74, 6) is -3.03. The summed E-state index contributed by atoms with van der Waals surface area (Å²) in [5.41, 5.74) is -0.764. The van der Waals surface area contributed by atoms with Gasteiger partial charge in [0, 0.05) is 43.1 Å². The number of carbonyl (C=O) groups is 5. The minimum Gasteiger partial charge on any atom is -0.458 e. The van der Waals surface area contributed by atoms with E-state index in [9.17, 15) is 29.1 Å². The number of cyclic esters (lactones) is 1. The van der Waals surface area contributed by atoms with E-state index in [4.69, 9.17) is 18.9 Å². The minimum absolute atomic E-state index is 0.00860. The van der Waals surface area contributed by atoms with Crippen molar-refractivity contribution in [1.82, 2.24) is 10.2 Å². The third kappa shape index (κ3) is 5.26. The van der Waals surface area contributed by atoms with E-state index in [1.54, 1.807) is 13.0 Å². The monoisotopic (exact) mass is 723 g/mol. The first-order valence-electron chi connectivity index (χ1n) is 17.7. The number of nitrogens with zero attached hydrogens (tertiary/aromatic N) is 2. The summed E-state index contributed by atoms with van der Waals surface area (Å²) >= 11 is 1.20. The number of ketones is 1. The standard InChI is InChI=1S/C37H45N3O10S/c1-18-14-25(48-32(45)19(18)2)20(3)23-15-28(47-21(4)41)36(46)24-16-29-37(50-29)27(11-10-26(42)35(37,6)22(24)12-13-34(23,36)5)49-31(44)9-7-8-30(43)39-33-40-38-17-51-33/h10-11,15,17,20,22,24-25,27-29,46H,7-9,12-14,16H2,1-6H3,(H,39,40,43)/t20-,22-,24+,25+,27-,28-,29+,34+,35-,36+,37+/m0/s1. The molecule has 3 fully saturated rings. The van der Waals surface area contributed by atoms with Gasteiger partial charge in [-0.3, -0.25) is 19.2 Å². The maximum atomic E-state index is 14.1. The van der Waals surface area contributed by atoms with Crippen LogP contribution in [0.4, 0.5) is 5.13 Å². The highest BCUT2D eigenvalue weighted by Gasteiger charge is 2.83. The Bertz CT molecular complexity index is 1770. The van der Waals surface area contributed by atoms with Gasteiger partial charge in [0.2, 0.25) is 11.0 Å². The highest BCUT2D eigenvalue weighted by molar-refractivity contribution is 7.13. The molecule has 2 N–H and O–H groups in total. The number of hydrogen-bond donors (Lipinski definition) is 2. The van der Waals surface area contributed by atoms with E-state index in [2.05, 4.69) is 15.5 Å². The Morgan fingerprint density at radius 1 is 1.14 bits per heavy atom. The van der Waals surface area contributed by atoms with Gasteiger partial charge in [0.15, 0.2) is 11.9 Å². The van der Waals surface area contributed by atoms with Gasteiger partial charge >= 0.3 is 17.9 Å². The van der Waals surface area contributed by atoms with Gasteiger partial charge in [-0.1, -0.05) is 36.3 Å². The largest absolute Gasteiger partial charge is 0.458 e. The summed E-state index contributed by atoms with van der Waals surface area (Å²) in [6.45, 7) is 10.8. The van der Waals surface area contributed by atoms with Gasteiger partial charge in [-0.05, 0) is 76.5 Å². The van der Waals surface area contributed by atoms with Crippen molar-refractivity contribution < 1.29 is 48.0 Å². The Labute approximate surface area is 300 Å². The van der Waals surface area contributed by atoms with Crippen molar-refractivity contribution in [1.29, 1.82) is 0 Å². The summed E-state index contributed by atoms with van der Waals surface area (Å²) in [4.78, 5) is 64.7. The number of rotatable bonds is 9. The van der Waals surface area contributed by atoms with Crippen molar-refractivity contribution in [3.05, 3.63) is 40.5 Å². The van der Waals surface area contributed by atoms with Gasteiger partial charge in [-0.15, -0.1) is 10.2 Å². The van der Waals surface area contributed by atoms with E-state index in [1.807, 2.05) is 33.8 Å². The van der Waals surface area contributed by atoms with Gasteiger partial charge in [0.1, 0.15) is 28.9 Å². The zero-order valence-electron chi connectivity index (χ0n) is 29.7. The second-order valence-electron chi connectivity index (χ2n) is 15.5. The maximum absolute atomic E-state index is 14.1. The van der Waals surface area contributed by atoms with Crippen LogP contribution in [0, 0.1) is 28.6 Å². The number of epoxide rings is 1. The van der Waals surface area contributed by atoms with E-state index in [1.165, 1.54) is 29.8 Å². The maximum Gasteiger partial charge on any atom is 0.333 e. The van der Waals surface area contributed by atoms with Gasteiger partial charge < -0.3 is 29.4 Å². The number of hydrogen-bond acceptors (Lipinski definition) is 13. The van der Waals surface area contributed by atoms with Crippen LogP contribution in [0.5, 0.6) is 0 Å². The molecule has 0 bridgehead atoms. The number of carbonyl (C=O) groups excluding carboxylic acids is 5. The quantitative estimate of drug-likeness (QED) is 0.161. The van der Waals surface area contributed by atoms with Crippen LogP contribution in [0.3, 0.4) is 0 Å². The first-order chi connectivity index (χ1) is 24.1. The number of allylic oxidation sites excluding steroid dienone is 1. The second kappa shape index (κ2) is 12.4.